The molecule has 0 amide bonds. The van der Waals surface area contributed by atoms with Gasteiger partial charge in [0.15, 0.2) is 0 Å². The minimum Gasteiger partial charge on any atom is -0.385 e. The summed E-state index contributed by atoms with van der Waals surface area (Å²) >= 11 is 0. The number of methoxy groups -OCH3 is 1. The molecule has 0 aromatic rings. The normalized spacial score (nSPS) is 35.2. The third-order valence-corrected chi connectivity index (χ3v) is 1.97. The molecule has 2 atom stereocenters. The van der Waals surface area contributed by atoms with Crippen molar-refractivity contribution in [2.45, 2.75) is 19.8 Å². The molecule has 1 aliphatic rings. The van der Waals surface area contributed by atoms with Crippen LogP contribution in [0.2, 0.25) is 0 Å². The lowest BCUT2D eigenvalue weighted by atomic mass is 10.3. The zero-order valence-corrected chi connectivity index (χ0v) is 5.68. The Morgan fingerprint density at radius 1 is 1.62 bits per heavy atom. The van der Waals surface area contributed by atoms with E-state index in [9.17, 15) is 0 Å². The zero-order valence-electron chi connectivity index (χ0n) is 5.68. The third kappa shape index (κ3) is 1.48. The van der Waals surface area contributed by atoms with E-state index in [-0.39, 0.29) is 0 Å². The molecule has 0 unspecified atom stereocenters. The summed E-state index contributed by atoms with van der Waals surface area (Å²) < 4.78 is 4.94. The van der Waals surface area contributed by atoms with Crippen molar-refractivity contribution < 1.29 is 4.74 Å². The highest BCUT2D eigenvalue weighted by atomic mass is 16.5. The van der Waals surface area contributed by atoms with Crippen LogP contribution in [-0.4, -0.2) is 13.7 Å². The van der Waals surface area contributed by atoms with E-state index in [1.165, 1.54) is 12.8 Å². The van der Waals surface area contributed by atoms with Gasteiger partial charge in [0.1, 0.15) is 0 Å². The molecule has 1 rings (SSSR count). The monoisotopic (exact) mass is 114 g/mol. The first-order chi connectivity index (χ1) is 3.84. The minimum absolute atomic E-state index is 0.953. The van der Waals surface area contributed by atoms with Gasteiger partial charge in [-0.25, -0.2) is 0 Å². The molecule has 0 heterocycles. The third-order valence-electron chi connectivity index (χ3n) is 1.97. The Morgan fingerprint density at radius 2 is 2.25 bits per heavy atom. The summed E-state index contributed by atoms with van der Waals surface area (Å²) in [5.41, 5.74) is 0. The number of ether oxygens (including phenoxy) is 1. The highest BCUT2D eigenvalue weighted by molar-refractivity contribution is 4.81. The first-order valence-electron chi connectivity index (χ1n) is 3.33. The van der Waals surface area contributed by atoms with Gasteiger partial charge in [-0.2, -0.15) is 0 Å². The predicted molar refractivity (Wildman–Crippen MR) is 33.8 cm³/mol. The molecule has 8 heavy (non-hydrogen) atoms. The molecule has 0 aromatic heterocycles. The van der Waals surface area contributed by atoms with Crippen LogP contribution in [0.5, 0.6) is 0 Å². The summed E-state index contributed by atoms with van der Waals surface area (Å²) in [5, 5.41) is 0. The Kier molecular flexibility index (Phi) is 1.90. The maximum Gasteiger partial charge on any atom is 0.0465 e. The molecule has 1 aliphatic carbocycles. The van der Waals surface area contributed by atoms with Crippen LogP contribution in [0.15, 0.2) is 0 Å². The molecule has 0 spiro atoms. The average molecular weight is 114 g/mol. The number of rotatable bonds is 3. The van der Waals surface area contributed by atoms with Crippen LogP contribution in [0.3, 0.4) is 0 Å². The molecular formula is C7H14O. The number of hydrogen-bond acceptors (Lipinski definition) is 1. The van der Waals surface area contributed by atoms with Crippen LogP contribution < -0.4 is 0 Å². The van der Waals surface area contributed by atoms with Crippen molar-refractivity contribution in [2.24, 2.45) is 11.8 Å². The maximum atomic E-state index is 4.94. The molecule has 1 heteroatoms. The Morgan fingerprint density at radius 3 is 2.62 bits per heavy atom. The Hall–Kier alpha value is -0.0400. The molecule has 0 aromatic carbocycles. The van der Waals surface area contributed by atoms with Crippen LogP contribution in [0.25, 0.3) is 0 Å². The van der Waals surface area contributed by atoms with Gasteiger partial charge in [-0.1, -0.05) is 6.92 Å². The van der Waals surface area contributed by atoms with Crippen molar-refractivity contribution in [3.8, 4) is 0 Å². The highest BCUT2D eigenvalue weighted by Crippen LogP contribution is 2.40. The second kappa shape index (κ2) is 2.49. The summed E-state index contributed by atoms with van der Waals surface area (Å²) in [7, 11) is 1.77. The summed E-state index contributed by atoms with van der Waals surface area (Å²) in [6.07, 6.45) is 2.71. The van der Waals surface area contributed by atoms with Gasteiger partial charge >= 0.3 is 0 Å². The van der Waals surface area contributed by atoms with Crippen molar-refractivity contribution in [3.63, 3.8) is 0 Å². The summed E-state index contributed by atoms with van der Waals surface area (Å²) in [4.78, 5) is 0. The highest BCUT2D eigenvalue weighted by Gasteiger charge is 2.31. The molecule has 48 valence electrons. The fourth-order valence-corrected chi connectivity index (χ4v) is 1.07. The SMILES string of the molecule is COCC[C@@H]1C[C@H]1C. The van der Waals surface area contributed by atoms with E-state index >= 15 is 0 Å². The van der Waals surface area contributed by atoms with Gasteiger partial charge < -0.3 is 4.74 Å². The molecule has 0 bridgehead atoms. The molecule has 0 radical (unpaired) electrons. The minimum atomic E-state index is 0.953. The van der Waals surface area contributed by atoms with Crippen LogP contribution >= 0.6 is 0 Å². The van der Waals surface area contributed by atoms with E-state index in [0.29, 0.717) is 0 Å². The standard InChI is InChI=1S/C7H14O/c1-6-5-7(6)3-4-8-2/h6-7H,3-5H2,1-2H3/t6-,7-/m1/s1. The van der Waals surface area contributed by atoms with E-state index in [1.54, 1.807) is 7.11 Å². The first kappa shape index (κ1) is 6.09. The Bertz CT molecular complexity index is 70.8. The van der Waals surface area contributed by atoms with Crippen molar-refractivity contribution in [2.75, 3.05) is 13.7 Å². The lowest BCUT2D eigenvalue weighted by Gasteiger charge is -1.93. The fourth-order valence-electron chi connectivity index (χ4n) is 1.07. The second-order valence-electron chi connectivity index (χ2n) is 2.75. The topological polar surface area (TPSA) is 9.23 Å². The molecule has 1 saturated carbocycles. The summed E-state index contributed by atoms with van der Waals surface area (Å²) in [6, 6.07) is 0. The largest absolute Gasteiger partial charge is 0.385 e. The molecule has 0 saturated heterocycles. The van der Waals surface area contributed by atoms with E-state index in [4.69, 9.17) is 4.74 Å². The van der Waals surface area contributed by atoms with Gasteiger partial charge in [-0.3, -0.25) is 0 Å². The molecule has 0 aliphatic heterocycles. The number of hydrogen-bond donors (Lipinski definition) is 0. The molecular weight excluding hydrogens is 100 g/mol. The second-order valence-corrected chi connectivity index (χ2v) is 2.75. The fraction of sp³-hybridized carbons (Fsp3) is 1.00. The van der Waals surface area contributed by atoms with Gasteiger partial charge in [0.05, 0.1) is 0 Å². The van der Waals surface area contributed by atoms with Crippen LogP contribution in [0.1, 0.15) is 19.8 Å². The smallest absolute Gasteiger partial charge is 0.0465 e. The Balaban J connectivity index is 1.89. The average Bonchev–Trinajstić information content (AvgIpc) is 2.42. The van der Waals surface area contributed by atoms with E-state index in [0.717, 1.165) is 18.4 Å². The summed E-state index contributed by atoms with van der Waals surface area (Å²) in [6.45, 7) is 3.26. The molecule has 1 fully saturated rings. The lowest BCUT2D eigenvalue weighted by molar-refractivity contribution is 0.188. The first-order valence-corrected chi connectivity index (χ1v) is 3.33. The van der Waals surface area contributed by atoms with Crippen molar-refractivity contribution in [1.82, 2.24) is 0 Å². The van der Waals surface area contributed by atoms with E-state index in [1.807, 2.05) is 0 Å². The quantitative estimate of drug-likeness (QED) is 0.542. The van der Waals surface area contributed by atoms with Crippen molar-refractivity contribution in [1.29, 1.82) is 0 Å². The van der Waals surface area contributed by atoms with Gasteiger partial charge in [0.2, 0.25) is 0 Å². The molecule has 0 N–H and O–H groups in total. The van der Waals surface area contributed by atoms with Crippen molar-refractivity contribution >= 4 is 0 Å². The predicted octanol–water partition coefficient (Wildman–Crippen LogP) is 1.68. The zero-order chi connectivity index (χ0) is 5.98. The van der Waals surface area contributed by atoms with Gasteiger partial charge in [0, 0.05) is 13.7 Å². The Labute approximate surface area is 51.0 Å². The summed E-state index contributed by atoms with van der Waals surface area (Å²) in [5.74, 6) is 1.99. The van der Waals surface area contributed by atoms with E-state index < -0.39 is 0 Å². The maximum absolute atomic E-state index is 4.94. The van der Waals surface area contributed by atoms with Gasteiger partial charge in [0.25, 0.3) is 0 Å². The van der Waals surface area contributed by atoms with Crippen LogP contribution in [-0.2, 0) is 4.74 Å². The van der Waals surface area contributed by atoms with Gasteiger partial charge in [-0.05, 0) is 24.7 Å². The van der Waals surface area contributed by atoms with Crippen LogP contribution in [0, 0.1) is 11.8 Å². The van der Waals surface area contributed by atoms with Crippen LogP contribution in [0.4, 0.5) is 0 Å². The molecule has 1 nitrogen and oxygen atoms in total. The van der Waals surface area contributed by atoms with E-state index in [2.05, 4.69) is 6.92 Å². The van der Waals surface area contributed by atoms with Crippen molar-refractivity contribution in [3.05, 3.63) is 0 Å². The van der Waals surface area contributed by atoms with Gasteiger partial charge in [-0.15, -0.1) is 0 Å². The lowest BCUT2D eigenvalue weighted by Crippen LogP contribution is -1.89.